The molecule has 5 heteroatoms. The summed E-state index contributed by atoms with van der Waals surface area (Å²) in [7, 11) is 0. The van der Waals surface area contributed by atoms with E-state index in [1.165, 1.54) is 0 Å². The summed E-state index contributed by atoms with van der Waals surface area (Å²) in [5, 5.41) is 8.11. The zero-order chi connectivity index (χ0) is 9.97. The van der Waals surface area contributed by atoms with E-state index in [0.29, 0.717) is 6.04 Å². The van der Waals surface area contributed by atoms with Crippen molar-refractivity contribution in [3.05, 3.63) is 30.6 Å². The third kappa shape index (κ3) is 1.81. The van der Waals surface area contributed by atoms with Gasteiger partial charge in [-0.25, -0.2) is 9.67 Å². The molecule has 0 unspecified atom stereocenters. The van der Waals surface area contributed by atoms with E-state index in [0.717, 1.165) is 12.2 Å². The fraction of sp³-hybridized carbons (Fsp3) is 0.444. The minimum atomic E-state index is 0.360. The van der Waals surface area contributed by atoms with E-state index in [2.05, 4.69) is 29.1 Å². The van der Waals surface area contributed by atoms with Gasteiger partial charge in [-0.2, -0.15) is 0 Å². The van der Waals surface area contributed by atoms with Crippen LogP contribution in [0.3, 0.4) is 0 Å². The molecule has 0 aliphatic heterocycles. The molecule has 0 aliphatic carbocycles. The molecule has 2 aromatic heterocycles. The number of aromatic nitrogens is 5. The van der Waals surface area contributed by atoms with Crippen LogP contribution >= 0.6 is 0 Å². The largest absolute Gasteiger partial charge is 0.331 e. The maximum Gasteiger partial charge on any atom is 0.102 e. The lowest BCUT2D eigenvalue weighted by Crippen LogP contribution is -2.00. The van der Waals surface area contributed by atoms with Gasteiger partial charge in [0.05, 0.1) is 19.1 Å². The Morgan fingerprint density at radius 1 is 1.43 bits per heavy atom. The molecule has 2 rings (SSSR count). The van der Waals surface area contributed by atoms with Gasteiger partial charge in [0.15, 0.2) is 0 Å². The first kappa shape index (κ1) is 8.93. The van der Waals surface area contributed by atoms with Crippen molar-refractivity contribution < 1.29 is 0 Å². The highest BCUT2D eigenvalue weighted by atomic mass is 15.4. The molecular formula is C9H13N5. The Bertz CT molecular complexity index is 387. The topological polar surface area (TPSA) is 48.5 Å². The Morgan fingerprint density at radius 3 is 2.86 bits per heavy atom. The van der Waals surface area contributed by atoms with Crippen molar-refractivity contribution in [2.24, 2.45) is 0 Å². The molecule has 0 aromatic carbocycles. The van der Waals surface area contributed by atoms with E-state index < -0.39 is 0 Å². The number of nitrogens with zero attached hydrogens (tertiary/aromatic N) is 5. The van der Waals surface area contributed by atoms with Gasteiger partial charge in [0.25, 0.3) is 0 Å². The third-order valence-electron chi connectivity index (χ3n) is 1.99. The van der Waals surface area contributed by atoms with Crippen LogP contribution in [-0.4, -0.2) is 24.5 Å². The summed E-state index contributed by atoms with van der Waals surface area (Å²) < 4.78 is 3.82. The maximum absolute atomic E-state index is 4.08. The van der Waals surface area contributed by atoms with E-state index in [1.54, 1.807) is 12.5 Å². The minimum absolute atomic E-state index is 0.360. The summed E-state index contributed by atoms with van der Waals surface area (Å²) in [6.45, 7) is 4.89. The third-order valence-corrected chi connectivity index (χ3v) is 1.99. The van der Waals surface area contributed by atoms with Crippen molar-refractivity contribution in [3.63, 3.8) is 0 Å². The minimum Gasteiger partial charge on any atom is -0.331 e. The van der Waals surface area contributed by atoms with Crippen LogP contribution in [0.2, 0.25) is 0 Å². The second kappa shape index (κ2) is 3.61. The molecule has 2 heterocycles. The van der Waals surface area contributed by atoms with Crippen LogP contribution in [0.25, 0.3) is 0 Å². The SMILES string of the molecule is CC(C)n1cc(Cn2ccnc2)nn1. The molecular weight excluding hydrogens is 178 g/mol. The highest BCUT2D eigenvalue weighted by Crippen LogP contribution is 2.03. The standard InChI is InChI=1S/C9H13N5/c1-8(2)14-6-9(11-12-14)5-13-4-3-10-7-13/h3-4,6-8H,5H2,1-2H3. The summed E-state index contributed by atoms with van der Waals surface area (Å²) in [4.78, 5) is 3.97. The molecule has 0 saturated carbocycles. The Kier molecular flexibility index (Phi) is 2.30. The lowest BCUT2D eigenvalue weighted by atomic mass is 10.4. The first-order chi connectivity index (χ1) is 6.75. The summed E-state index contributed by atoms with van der Waals surface area (Å²) in [5.74, 6) is 0. The van der Waals surface area contributed by atoms with Crippen LogP contribution in [-0.2, 0) is 6.54 Å². The van der Waals surface area contributed by atoms with Crippen LogP contribution in [0.1, 0.15) is 25.6 Å². The highest BCUT2D eigenvalue weighted by molar-refractivity contribution is 4.95. The highest BCUT2D eigenvalue weighted by Gasteiger charge is 2.03. The first-order valence-corrected chi connectivity index (χ1v) is 4.62. The predicted octanol–water partition coefficient (Wildman–Crippen LogP) is 1.10. The molecule has 5 nitrogen and oxygen atoms in total. The van der Waals surface area contributed by atoms with Gasteiger partial charge in [0.1, 0.15) is 5.69 Å². The van der Waals surface area contributed by atoms with Gasteiger partial charge in [-0.05, 0) is 13.8 Å². The van der Waals surface area contributed by atoms with Crippen molar-refractivity contribution in [1.82, 2.24) is 24.5 Å². The lowest BCUT2D eigenvalue weighted by Gasteiger charge is -2.01. The number of hydrogen-bond donors (Lipinski definition) is 0. The Balaban J connectivity index is 2.11. The van der Waals surface area contributed by atoms with Crippen LogP contribution in [0, 0.1) is 0 Å². The van der Waals surface area contributed by atoms with Crippen molar-refractivity contribution >= 4 is 0 Å². The van der Waals surface area contributed by atoms with E-state index in [4.69, 9.17) is 0 Å². The van der Waals surface area contributed by atoms with Crippen molar-refractivity contribution in [2.45, 2.75) is 26.4 Å². The van der Waals surface area contributed by atoms with Crippen LogP contribution in [0.4, 0.5) is 0 Å². The summed E-state index contributed by atoms with van der Waals surface area (Å²) >= 11 is 0. The van der Waals surface area contributed by atoms with Gasteiger partial charge in [0, 0.05) is 18.4 Å². The lowest BCUT2D eigenvalue weighted by molar-refractivity contribution is 0.514. The number of rotatable bonds is 3. The zero-order valence-electron chi connectivity index (χ0n) is 8.33. The number of imidazole rings is 1. The molecule has 0 amide bonds. The fourth-order valence-electron chi connectivity index (χ4n) is 1.21. The molecule has 14 heavy (non-hydrogen) atoms. The summed E-state index contributed by atoms with van der Waals surface area (Å²) in [5.41, 5.74) is 0.955. The normalized spacial score (nSPS) is 11.1. The smallest absolute Gasteiger partial charge is 0.102 e. The predicted molar refractivity (Wildman–Crippen MR) is 51.7 cm³/mol. The van der Waals surface area contributed by atoms with Crippen molar-refractivity contribution in [2.75, 3.05) is 0 Å². The van der Waals surface area contributed by atoms with Gasteiger partial charge < -0.3 is 4.57 Å². The Hall–Kier alpha value is -1.65. The van der Waals surface area contributed by atoms with Gasteiger partial charge in [-0.3, -0.25) is 0 Å². The van der Waals surface area contributed by atoms with Gasteiger partial charge in [-0.1, -0.05) is 5.21 Å². The molecule has 74 valence electrons. The quantitative estimate of drug-likeness (QED) is 0.730. The summed E-state index contributed by atoms with van der Waals surface area (Å²) in [6, 6.07) is 0.360. The van der Waals surface area contributed by atoms with Crippen LogP contribution < -0.4 is 0 Å². The van der Waals surface area contributed by atoms with E-state index in [9.17, 15) is 0 Å². The monoisotopic (exact) mass is 191 g/mol. The van der Waals surface area contributed by atoms with Gasteiger partial charge >= 0.3 is 0 Å². The maximum atomic E-state index is 4.08. The molecule has 0 bridgehead atoms. The second-order valence-corrected chi connectivity index (χ2v) is 3.52. The van der Waals surface area contributed by atoms with Crippen LogP contribution in [0.15, 0.2) is 24.9 Å². The average Bonchev–Trinajstić information content (AvgIpc) is 2.75. The van der Waals surface area contributed by atoms with Gasteiger partial charge in [-0.15, -0.1) is 5.10 Å². The molecule has 2 aromatic rings. The van der Waals surface area contributed by atoms with Crippen molar-refractivity contribution in [1.29, 1.82) is 0 Å². The van der Waals surface area contributed by atoms with E-state index in [-0.39, 0.29) is 0 Å². The second-order valence-electron chi connectivity index (χ2n) is 3.52. The molecule has 0 N–H and O–H groups in total. The zero-order valence-corrected chi connectivity index (χ0v) is 8.33. The number of hydrogen-bond acceptors (Lipinski definition) is 3. The van der Waals surface area contributed by atoms with Crippen LogP contribution in [0.5, 0.6) is 0 Å². The fourth-order valence-corrected chi connectivity index (χ4v) is 1.21. The van der Waals surface area contributed by atoms with E-state index in [1.807, 2.05) is 21.6 Å². The Morgan fingerprint density at radius 2 is 2.29 bits per heavy atom. The van der Waals surface area contributed by atoms with Crippen molar-refractivity contribution in [3.8, 4) is 0 Å². The van der Waals surface area contributed by atoms with Gasteiger partial charge in [0.2, 0.25) is 0 Å². The molecule has 0 radical (unpaired) electrons. The van der Waals surface area contributed by atoms with E-state index >= 15 is 0 Å². The molecule has 0 fully saturated rings. The summed E-state index contributed by atoms with van der Waals surface area (Å²) in [6.07, 6.45) is 7.40. The average molecular weight is 191 g/mol. The Labute approximate surface area is 82.4 Å². The molecule has 0 saturated heterocycles. The molecule has 0 aliphatic rings. The molecule has 0 atom stereocenters. The first-order valence-electron chi connectivity index (χ1n) is 4.62. The molecule has 0 spiro atoms.